The first kappa shape index (κ1) is 15.5. The molecule has 0 aliphatic heterocycles. The fraction of sp³-hybridized carbons (Fsp3) is 0.353. The second kappa shape index (κ2) is 6.02. The monoisotopic (exact) mass is 317 g/mol. The molecule has 0 radical (unpaired) electrons. The highest BCUT2D eigenvalue weighted by Crippen LogP contribution is 2.38. The molecule has 120 valence electrons. The van der Waals surface area contributed by atoms with Crippen molar-refractivity contribution in [3.63, 3.8) is 0 Å². The van der Waals surface area contributed by atoms with E-state index in [1.165, 1.54) is 6.33 Å². The van der Waals surface area contributed by atoms with Gasteiger partial charge in [0.15, 0.2) is 0 Å². The van der Waals surface area contributed by atoms with Crippen LogP contribution in [0.25, 0.3) is 11.3 Å². The molecule has 1 fully saturated rings. The first-order valence-corrected chi connectivity index (χ1v) is 7.56. The minimum Gasteiger partial charge on any atom is -0.395 e. The van der Waals surface area contributed by atoms with Gasteiger partial charge in [0, 0.05) is 23.8 Å². The lowest BCUT2D eigenvalue weighted by atomic mass is 9.79. The summed E-state index contributed by atoms with van der Waals surface area (Å²) in [5, 5.41) is 0. The van der Waals surface area contributed by atoms with Crippen LogP contribution in [0, 0.1) is 17.6 Å². The van der Waals surface area contributed by atoms with Crippen LogP contribution < -0.4 is 5.73 Å². The molecule has 2 N–H and O–H groups in total. The van der Waals surface area contributed by atoms with Crippen LogP contribution in [0.3, 0.4) is 0 Å². The third kappa shape index (κ3) is 2.93. The number of ketones is 1. The van der Waals surface area contributed by atoms with Crippen LogP contribution in [-0.2, 0) is 4.79 Å². The number of nitrogens with zero attached hydrogens (tertiary/aromatic N) is 2. The topological polar surface area (TPSA) is 68.9 Å². The number of hydrogen-bond donors (Lipinski definition) is 1. The smallest absolute Gasteiger partial charge is 0.135 e. The minimum atomic E-state index is -0.588. The molecule has 0 spiro atoms. The van der Waals surface area contributed by atoms with Crippen molar-refractivity contribution in [1.29, 1.82) is 0 Å². The van der Waals surface area contributed by atoms with Crippen molar-refractivity contribution in [2.24, 2.45) is 5.92 Å². The zero-order valence-corrected chi connectivity index (χ0v) is 12.7. The summed E-state index contributed by atoms with van der Waals surface area (Å²) >= 11 is 0. The first-order valence-electron chi connectivity index (χ1n) is 7.56. The summed E-state index contributed by atoms with van der Waals surface area (Å²) in [4.78, 5) is 19.9. The molecule has 1 heterocycles. The van der Waals surface area contributed by atoms with Crippen molar-refractivity contribution in [3.05, 3.63) is 41.9 Å². The summed E-state index contributed by atoms with van der Waals surface area (Å²) in [6.07, 6.45) is 3.12. The van der Waals surface area contributed by atoms with E-state index in [2.05, 4.69) is 9.97 Å². The zero-order chi connectivity index (χ0) is 16.6. The molecule has 1 saturated carbocycles. The average molecular weight is 317 g/mol. The maximum absolute atomic E-state index is 14.0. The van der Waals surface area contributed by atoms with E-state index in [9.17, 15) is 13.6 Å². The predicted octanol–water partition coefficient (Wildman–Crippen LogP) is 3.48. The van der Waals surface area contributed by atoms with Crippen LogP contribution >= 0.6 is 0 Å². The van der Waals surface area contributed by atoms with Crippen LogP contribution in [-0.4, -0.2) is 15.8 Å². The number of rotatable bonds is 2. The molecule has 0 saturated heterocycles. The van der Waals surface area contributed by atoms with Crippen molar-refractivity contribution >= 4 is 11.5 Å². The summed E-state index contributed by atoms with van der Waals surface area (Å²) in [6, 6.07) is 3.17. The van der Waals surface area contributed by atoms with E-state index in [1.54, 1.807) is 0 Å². The molecule has 3 rings (SSSR count). The van der Waals surface area contributed by atoms with E-state index < -0.39 is 11.6 Å². The fourth-order valence-corrected chi connectivity index (χ4v) is 3.12. The normalized spacial score (nSPS) is 21.4. The molecule has 2 aromatic rings. The third-order valence-electron chi connectivity index (χ3n) is 4.41. The van der Waals surface area contributed by atoms with E-state index >= 15 is 0 Å². The van der Waals surface area contributed by atoms with Gasteiger partial charge in [-0.05, 0) is 31.0 Å². The minimum absolute atomic E-state index is 0.0195. The number of benzene rings is 1. The average Bonchev–Trinajstić information content (AvgIpc) is 2.53. The Kier molecular flexibility index (Phi) is 4.07. The number of halogens is 2. The van der Waals surface area contributed by atoms with Gasteiger partial charge < -0.3 is 5.73 Å². The Morgan fingerprint density at radius 3 is 2.78 bits per heavy atom. The quantitative estimate of drug-likeness (QED) is 0.920. The van der Waals surface area contributed by atoms with Gasteiger partial charge >= 0.3 is 0 Å². The van der Waals surface area contributed by atoms with Crippen molar-refractivity contribution in [2.75, 3.05) is 5.73 Å². The standard InChI is InChI=1S/C17H17F2N3O/c1-9-6-10(2-5-14(9)23)16-15(20)17(22-8-21-16)12-7-11(18)3-4-13(12)19/h3-4,7-10H,2,5-6,20H2,1H3. The number of aromatic nitrogens is 2. The number of nitrogens with two attached hydrogens (primary N) is 1. The van der Waals surface area contributed by atoms with E-state index in [0.29, 0.717) is 25.0 Å². The number of carbonyl (C=O) groups is 1. The van der Waals surface area contributed by atoms with Crippen molar-refractivity contribution in [1.82, 2.24) is 9.97 Å². The molecule has 1 aliphatic carbocycles. The lowest BCUT2D eigenvalue weighted by Crippen LogP contribution is -2.23. The molecule has 2 unspecified atom stereocenters. The van der Waals surface area contributed by atoms with Crippen LogP contribution in [0.1, 0.15) is 37.8 Å². The fourth-order valence-electron chi connectivity index (χ4n) is 3.12. The van der Waals surface area contributed by atoms with Gasteiger partial charge in [-0.1, -0.05) is 6.92 Å². The second-order valence-corrected chi connectivity index (χ2v) is 5.98. The Hall–Kier alpha value is -2.37. The molecule has 1 aromatic carbocycles. The van der Waals surface area contributed by atoms with Crippen LogP contribution in [0.5, 0.6) is 0 Å². The van der Waals surface area contributed by atoms with Gasteiger partial charge in [0.05, 0.1) is 17.1 Å². The summed E-state index contributed by atoms with van der Waals surface area (Å²) in [5.41, 5.74) is 7.22. The molecule has 1 aromatic heterocycles. The molecule has 0 amide bonds. The Morgan fingerprint density at radius 2 is 2.04 bits per heavy atom. The number of carbonyl (C=O) groups excluding carboxylic acids is 1. The lowest BCUT2D eigenvalue weighted by molar-refractivity contribution is -0.124. The van der Waals surface area contributed by atoms with Crippen LogP contribution in [0.15, 0.2) is 24.5 Å². The Morgan fingerprint density at radius 1 is 1.26 bits per heavy atom. The van der Waals surface area contributed by atoms with E-state index in [0.717, 1.165) is 18.2 Å². The highest BCUT2D eigenvalue weighted by atomic mass is 19.1. The van der Waals surface area contributed by atoms with Crippen LogP contribution in [0.4, 0.5) is 14.5 Å². The van der Waals surface area contributed by atoms with Gasteiger partial charge in [0.1, 0.15) is 23.7 Å². The maximum Gasteiger partial charge on any atom is 0.135 e. The van der Waals surface area contributed by atoms with E-state index in [4.69, 9.17) is 5.73 Å². The van der Waals surface area contributed by atoms with Gasteiger partial charge in [-0.25, -0.2) is 18.7 Å². The maximum atomic E-state index is 14.0. The highest BCUT2D eigenvalue weighted by molar-refractivity contribution is 5.82. The molecule has 6 heteroatoms. The molecule has 0 bridgehead atoms. The number of hydrogen-bond acceptors (Lipinski definition) is 4. The van der Waals surface area contributed by atoms with E-state index in [-0.39, 0.29) is 34.6 Å². The molecular formula is C17H17F2N3O. The zero-order valence-electron chi connectivity index (χ0n) is 12.7. The molecule has 4 nitrogen and oxygen atoms in total. The SMILES string of the molecule is CC1CC(c2ncnc(-c3cc(F)ccc3F)c2N)CCC1=O. The predicted molar refractivity (Wildman–Crippen MR) is 82.6 cm³/mol. The largest absolute Gasteiger partial charge is 0.395 e. The van der Waals surface area contributed by atoms with Gasteiger partial charge in [0.2, 0.25) is 0 Å². The Bertz CT molecular complexity index is 763. The molecule has 1 aliphatic rings. The second-order valence-electron chi connectivity index (χ2n) is 5.98. The van der Waals surface area contributed by atoms with Crippen LogP contribution in [0.2, 0.25) is 0 Å². The summed E-state index contributed by atoms with van der Waals surface area (Å²) in [6.45, 7) is 1.89. The third-order valence-corrected chi connectivity index (χ3v) is 4.41. The Labute approximate surface area is 132 Å². The van der Waals surface area contributed by atoms with Gasteiger partial charge in [-0.15, -0.1) is 0 Å². The molecule has 2 atom stereocenters. The summed E-state index contributed by atoms with van der Waals surface area (Å²) in [5.74, 6) is -0.920. The van der Waals surface area contributed by atoms with Gasteiger partial charge in [-0.2, -0.15) is 0 Å². The van der Waals surface area contributed by atoms with Crippen molar-refractivity contribution < 1.29 is 13.6 Å². The number of anilines is 1. The first-order chi connectivity index (χ1) is 11.0. The van der Waals surface area contributed by atoms with E-state index in [1.807, 2.05) is 6.92 Å². The van der Waals surface area contributed by atoms with Crippen molar-refractivity contribution in [3.8, 4) is 11.3 Å². The van der Waals surface area contributed by atoms with Gasteiger partial charge in [0.25, 0.3) is 0 Å². The Balaban J connectivity index is 2.02. The number of Topliss-reactive ketones (excluding diaryl/α,β-unsaturated/α-hetero) is 1. The van der Waals surface area contributed by atoms with Gasteiger partial charge in [-0.3, -0.25) is 4.79 Å². The highest BCUT2D eigenvalue weighted by Gasteiger charge is 2.29. The molecular weight excluding hydrogens is 300 g/mol. The molecule has 23 heavy (non-hydrogen) atoms. The number of nitrogen functional groups attached to an aromatic ring is 1. The summed E-state index contributed by atoms with van der Waals surface area (Å²) in [7, 11) is 0. The lowest BCUT2D eigenvalue weighted by Gasteiger charge is -2.26. The van der Waals surface area contributed by atoms with Crippen molar-refractivity contribution in [2.45, 2.75) is 32.1 Å². The summed E-state index contributed by atoms with van der Waals surface area (Å²) < 4.78 is 27.4.